The summed E-state index contributed by atoms with van der Waals surface area (Å²) in [4.78, 5) is 10.8. The van der Waals surface area contributed by atoms with Gasteiger partial charge in [0.15, 0.2) is 14.6 Å². The van der Waals surface area contributed by atoms with Crippen LogP contribution >= 0.6 is 0 Å². The largest absolute Gasteiger partial charge is 0.488 e. The van der Waals surface area contributed by atoms with Crippen LogP contribution in [0.3, 0.4) is 0 Å². The standard InChI is InChI=1S/C34H56O7Si/c1-25(39-26-16-10-9-11-17-26)30(41-42(5,6)34(2,3)4)22-21-28-27(18-12-7-8-13-19-32(36)37)29(35)24-31(28)40-33-20-14-15-23-38-33/h7,9-12,16-17,25,27-31,33,35H,8,13-15,18-24H2,1-6H3,(H,36,37)/b12-7-/t25?,27-,28-,29+,30?,31?,33?/m1/s1. The zero-order chi connectivity index (χ0) is 30.8. The van der Waals surface area contributed by atoms with E-state index in [1.807, 2.05) is 30.3 Å². The summed E-state index contributed by atoms with van der Waals surface area (Å²) in [7, 11) is -2.08. The quantitative estimate of drug-likeness (QED) is 0.113. The summed E-state index contributed by atoms with van der Waals surface area (Å²) in [5, 5.41) is 20.2. The second-order valence-electron chi connectivity index (χ2n) is 13.7. The number of para-hydroxylation sites is 1. The van der Waals surface area contributed by atoms with E-state index in [2.05, 4.69) is 52.9 Å². The van der Waals surface area contributed by atoms with Crippen LogP contribution in [0.25, 0.3) is 0 Å². The molecular weight excluding hydrogens is 548 g/mol. The van der Waals surface area contributed by atoms with Crippen molar-refractivity contribution in [1.82, 2.24) is 0 Å². The zero-order valence-electron chi connectivity index (χ0n) is 26.8. The van der Waals surface area contributed by atoms with Gasteiger partial charge in [-0.05, 0) is 100 Å². The summed E-state index contributed by atoms with van der Waals surface area (Å²) in [6, 6.07) is 9.94. The van der Waals surface area contributed by atoms with Crippen molar-refractivity contribution >= 4 is 14.3 Å². The Bertz CT molecular complexity index is 954. The summed E-state index contributed by atoms with van der Waals surface area (Å²) < 4.78 is 25.9. The molecule has 0 spiro atoms. The van der Waals surface area contributed by atoms with Gasteiger partial charge in [-0.1, -0.05) is 51.1 Å². The van der Waals surface area contributed by atoms with Crippen molar-refractivity contribution in [2.45, 2.75) is 141 Å². The van der Waals surface area contributed by atoms with E-state index in [1.165, 1.54) is 0 Å². The molecule has 0 aromatic heterocycles. The van der Waals surface area contributed by atoms with Crippen molar-refractivity contribution in [2.24, 2.45) is 11.8 Å². The van der Waals surface area contributed by atoms with Crippen LogP contribution in [0.15, 0.2) is 42.5 Å². The molecule has 3 rings (SSSR count). The molecule has 0 amide bonds. The molecule has 1 heterocycles. The minimum absolute atomic E-state index is 0.0631. The highest BCUT2D eigenvalue weighted by molar-refractivity contribution is 6.74. The van der Waals surface area contributed by atoms with E-state index in [4.69, 9.17) is 23.7 Å². The van der Waals surface area contributed by atoms with Crippen LogP contribution in [-0.4, -0.2) is 61.8 Å². The predicted octanol–water partition coefficient (Wildman–Crippen LogP) is 7.73. The van der Waals surface area contributed by atoms with E-state index in [0.29, 0.717) is 12.8 Å². The lowest BCUT2D eigenvalue weighted by molar-refractivity contribution is -0.196. The van der Waals surface area contributed by atoms with Gasteiger partial charge in [-0.25, -0.2) is 0 Å². The van der Waals surface area contributed by atoms with Crippen molar-refractivity contribution in [1.29, 1.82) is 0 Å². The van der Waals surface area contributed by atoms with Crippen LogP contribution < -0.4 is 4.74 Å². The Kier molecular flexibility index (Phi) is 13.6. The van der Waals surface area contributed by atoms with E-state index in [0.717, 1.165) is 57.3 Å². The number of ether oxygens (including phenoxy) is 3. The number of carboxylic acids is 1. The van der Waals surface area contributed by atoms with Crippen molar-refractivity contribution in [3.05, 3.63) is 42.5 Å². The molecule has 7 nitrogen and oxygen atoms in total. The fourth-order valence-corrected chi connectivity index (χ4v) is 7.30. The molecule has 2 fully saturated rings. The molecular formula is C34H56O7Si. The number of rotatable bonds is 16. The Balaban J connectivity index is 1.76. The van der Waals surface area contributed by atoms with Crippen LogP contribution in [0.4, 0.5) is 0 Å². The number of aliphatic hydroxyl groups is 1. The molecule has 1 saturated heterocycles. The minimum atomic E-state index is -2.08. The topological polar surface area (TPSA) is 94.5 Å². The first-order valence-electron chi connectivity index (χ1n) is 16.1. The molecule has 0 bridgehead atoms. The van der Waals surface area contributed by atoms with Gasteiger partial charge in [-0.15, -0.1) is 0 Å². The molecule has 1 aliphatic carbocycles. The summed E-state index contributed by atoms with van der Waals surface area (Å²) in [6.07, 6.45) is 10.8. The molecule has 238 valence electrons. The molecule has 2 N–H and O–H groups in total. The second-order valence-corrected chi connectivity index (χ2v) is 18.5. The number of benzene rings is 1. The highest BCUT2D eigenvalue weighted by Crippen LogP contribution is 2.43. The normalized spacial score (nSPS) is 26.8. The first-order valence-corrected chi connectivity index (χ1v) is 19.0. The number of hydrogen-bond acceptors (Lipinski definition) is 6. The number of aliphatic carboxylic acids is 1. The third-order valence-electron chi connectivity index (χ3n) is 9.42. The molecule has 42 heavy (non-hydrogen) atoms. The molecule has 2 aliphatic rings. The zero-order valence-corrected chi connectivity index (χ0v) is 27.8. The number of carboxylic acid groups (broad SMARTS) is 1. The molecule has 1 aliphatic heterocycles. The fraction of sp³-hybridized carbons (Fsp3) is 0.735. The van der Waals surface area contributed by atoms with Gasteiger partial charge in [0.25, 0.3) is 0 Å². The maximum absolute atomic E-state index is 11.2. The highest BCUT2D eigenvalue weighted by Gasteiger charge is 2.45. The Morgan fingerprint density at radius 2 is 1.88 bits per heavy atom. The third-order valence-corrected chi connectivity index (χ3v) is 13.9. The Labute approximate surface area is 255 Å². The van der Waals surface area contributed by atoms with Gasteiger partial charge in [0.1, 0.15) is 11.9 Å². The first-order chi connectivity index (χ1) is 19.9. The van der Waals surface area contributed by atoms with E-state index < -0.39 is 20.4 Å². The molecule has 7 atom stereocenters. The number of unbranched alkanes of at least 4 members (excludes halogenated alkanes) is 1. The summed E-state index contributed by atoms with van der Waals surface area (Å²) in [5.41, 5.74) is 0. The summed E-state index contributed by atoms with van der Waals surface area (Å²) in [5.74, 6) is 0.294. The van der Waals surface area contributed by atoms with Crippen LogP contribution in [0.1, 0.15) is 91.9 Å². The molecule has 1 aromatic rings. The average Bonchev–Trinajstić information content (AvgIpc) is 3.21. The lowest BCUT2D eigenvalue weighted by Crippen LogP contribution is -2.48. The van der Waals surface area contributed by atoms with Gasteiger partial charge >= 0.3 is 5.97 Å². The molecule has 4 unspecified atom stereocenters. The molecule has 1 aromatic carbocycles. The van der Waals surface area contributed by atoms with Crippen molar-refractivity contribution < 1.29 is 33.6 Å². The smallest absolute Gasteiger partial charge is 0.303 e. The van der Waals surface area contributed by atoms with Crippen LogP contribution in [-0.2, 0) is 18.7 Å². The maximum atomic E-state index is 11.2. The lowest BCUT2D eigenvalue weighted by atomic mass is 9.85. The number of carbonyl (C=O) groups is 1. The summed E-state index contributed by atoms with van der Waals surface area (Å²) in [6.45, 7) is 14.2. The van der Waals surface area contributed by atoms with Gasteiger partial charge in [-0.3, -0.25) is 4.79 Å². The van der Waals surface area contributed by atoms with E-state index in [9.17, 15) is 9.90 Å². The molecule has 1 saturated carbocycles. The van der Waals surface area contributed by atoms with Crippen molar-refractivity contribution in [2.75, 3.05) is 6.61 Å². The minimum Gasteiger partial charge on any atom is -0.488 e. The van der Waals surface area contributed by atoms with Crippen molar-refractivity contribution in [3.8, 4) is 5.75 Å². The SMILES string of the molecule is CC(Oc1ccccc1)C(CC[C@H]1C(OC2CCCCO2)C[C@H](O)[C@@H]1C/C=C\CCCC(=O)O)O[Si](C)(C)C(C)(C)C. The first kappa shape index (κ1) is 34.8. The number of aliphatic hydroxyl groups excluding tert-OH is 1. The molecule has 0 radical (unpaired) electrons. The van der Waals surface area contributed by atoms with Gasteiger partial charge in [0, 0.05) is 19.4 Å². The van der Waals surface area contributed by atoms with E-state index in [1.54, 1.807) is 0 Å². The third kappa shape index (κ3) is 10.8. The van der Waals surface area contributed by atoms with Crippen LogP contribution in [0, 0.1) is 11.8 Å². The number of hydrogen-bond donors (Lipinski definition) is 2. The van der Waals surface area contributed by atoms with Gasteiger partial charge < -0.3 is 28.8 Å². The monoisotopic (exact) mass is 604 g/mol. The maximum Gasteiger partial charge on any atom is 0.303 e. The van der Waals surface area contributed by atoms with Crippen LogP contribution in [0.5, 0.6) is 5.75 Å². The second kappa shape index (κ2) is 16.4. The Morgan fingerprint density at radius 1 is 1.14 bits per heavy atom. The van der Waals surface area contributed by atoms with Crippen molar-refractivity contribution in [3.63, 3.8) is 0 Å². The number of allylic oxidation sites excluding steroid dienone is 2. The predicted molar refractivity (Wildman–Crippen MR) is 169 cm³/mol. The lowest BCUT2D eigenvalue weighted by Gasteiger charge is -2.41. The highest BCUT2D eigenvalue weighted by atomic mass is 28.4. The fourth-order valence-electron chi connectivity index (χ4n) is 5.88. The van der Waals surface area contributed by atoms with E-state index in [-0.39, 0.29) is 47.9 Å². The van der Waals surface area contributed by atoms with Gasteiger partial charge in [0.2, 0.25) is 0 Å². The van der Waals surface area contributed by atoms with Gasteiger partial charge in [0.05, 0.1) is 18.3 Å². The summed E-state index contributed by atoms with van der Waals surface area (Å²) >= 11 is 0. The molecule has 8 heteroatoms. The van der Waals surface area contributed by atoms with Crippen LogP contribution in [0.2, 0.25) is 18.1 Å². The van der Waals surface area contributed by atoms with Gasteiger partial charge in [-0.2, -0.15) is 0 Å². The average molecular weight is 605 g/mol. The van der Waals surface area contributed by atoms with E-state index >= 15 is 0 Å². The Morgan fingerprint density at radius 3 is 2.52 bits per heavy atom. The Hall–Kier alpha value is -1.71.